The van der Waals surface area contributed by atoms with Crippen LogP contribution in [-0.2, 0) is 0 Å². The third kappa shape index (κ3) is 4.11. The first-order valence-corrected chi connectivity index (χ1v) is 12.4. The number of anilines is 1. The van der Waals surface area contributed by atoms with Gasteiger partial charge in [-0.2, -0.15) is 5.10 Å². The number of carboxylic acid groups (broad SMARTS) is 1. The van der Waals surface area contributed by atoms with Crippen molar-refractivity contribution in [2.75, 3.05) is 24.6 Å². The van der Waals surface area contributed by atoms with E-state index in [1.54, 1.807) is 36.5 Å². The van der Waals surface area contributed by atoms with Gasteiger partial charge in [0, 0.05) is 25.4 Å². The average molecular weight is 513 g/mol. The van der Waals surface area contributed by atoms with Crippen molar-refractivity contribution in [2.24, 2.45) is 0 Å². The Labute approximate surface area is 217 Å². The van der Waals surface area contributed by atoms with Crippen LogP contribution in [0.15, 0.2) is 60.9 Å². The normalized spacial score (nSPS) is 16.9. The van der Waals surface area contributed by atoms with Gasteiger partial charge in [0.25, 0.3) is 11.8 Å². The number of imide groups is 1. The van der Waals surface area contributed by atoms with E-state index < -0.39 is 5.97 Å². The van der Waals surface area contributed by atoms with Crippen LogP contribution < -0.4 is 9.64 Å². The molecule has 0 aliphatic carbocycles. The molecular weight excluding hydrogens is 488 g/mol. The molecule has 11 nitrogen and oxygen atoms in total. The molecular formula is C27H24N6O5. The highest BCUT2D eigenvalue weighted by atomic mass is 16.5. The van der Waals surface area contributed by atoms with Gasteiger partial charge in [-0.25, -0.2) is 19.3 Å². The number of nitrogens with zero attached hydrogens (tertiary/aromatic N) is 6. The number of aromatic nitrogens is 4. The predicted octanol–water partition coefficient (Wildman–Crippen LogP) is 3.23. The maximum absolute atomic E-state index is 12.5. The van der Waals surface area contributed by atoms with Gasteiger partial charge in [-0.05, 0) is 43.5 Å². The Balaban J connectivity index is 1.11. The van der Waals surface area contributed by atoms with E-state index >= 15 is 0 Å². The predicted molar refractivity (Wildman–Crippen MR) is 135 cm³/mol. The van der Waals surface area contributed by atoms with Gasteiger partial charge in [-0.3, -0.25) is 14.5 Å². The summed E-state index contributed by atoms with van der Waals surface area (Å²) in [7, 11) is 0. The molecule has 1 aromatic carbocycles. The average Bonchev–Trinajstić information content (AvgIpc) is 3.64. The van der Waals surface area contributed by atoms with Gasteiger partial charge < -0.3 is 14.7 Å². The highest BCUT2D eigenvalue weighted by molar-refractivity contribution is 6.21. The molecule has 1 unspecified atom stereocenters. The van der Waals surface area contributed by atoms with Crippen LogP contribution in [0, 0.1) is 0 Å². The summed E-state index contributed by atoms with van der Waals surface area (Å²) in [5, 5.41) is 13.5. The van der Waals surface area contributed by atoms with Crippen molar-refractivity contribution >= 4 is 29.2 Å². The van der Waals surface area contributed by atoms with Crippen LogP contribution in [0.2, 0.25) is 0 Å². The van der Waals surface area contributed by atoms with E-state index in [-0.39, 0.29) is 30.0 Å². The highest BCUT2D eigenvalue weighted by Crippen LogP contribution is 2.35. The smallest absolute Gasteiger partial charge is 0.341 e. The first-order chi connectivity index (χ1) is 18.5. The second-order valence-corrected chi connectivity index (χ2v) is 9.18. The van der Waals surface area contributed by atoms with E-state index in [4.69, 9.17) is 9.72 Å². The summed E-state index contributed by atoms with van der Waals surface area (Å²) in [6.45, 7) is 1.33. The number of pyridine rings is 1. The molecule has 6 rings (SSSR count). The van der Waals surface area contributed by atoms with Crippen LogP contribution in [0.25, 0.3) is 5.65 Å². The van der Waals surface area contributed by atoms with Gasteiger partial charge >= 0.3 is 5.97 Å². The number of amides is 2. The van der Waals surface area contributed by atoms with E-state index in [1.165, 1.54) is 15.6 Å². The number of benzene rings is 1. The number of hydrogen-bond acceptors (Lipinski definition) is 8. The van der Waals surface area contributed by atoms with Crippen molar-refractivity contribution in [3.63, 3.8) is 0 Å². The van der Waals surface area contributed by atoms with Crippen molar-refractivity contribution in [2.45, 2.75) is 25.3 Å². The molecule has 2 aliphatic heterocycles. The van der Waals surface area contributed by atoms with Crippen LogP contribution in [0.3, 0.4) is 0 Å². The molecule has 1 saturated heterocycles. The van der Waals surface area contributed by atoms with E-state index in [0.717, 1.165) is 25.1 Å². The zero-order valence-corrected chi connectivity index (χ0v) is 20.4. The topological polar surface area (TPSA) is 130 Å². The van der Waals surface area contributed by atoms with Crippen LogP contribution in [-0.4, -0.2) is 67.1 Å². The molecule has 1 atom stereocenters. The fourth-order valence-electron chi connectivity index (χ4n) is 5.06. The van der Waals surface area contributed by atoms with Gasteiger partial charge in [0.15, 0.2) is 5.65 Å². The zero-order chi connectivity index (χ0) is 26.2. The number of ether oxygens (including phenoxy) is 1. The molecule has 5 heterocycles. The van der Waals surface area contributed by atoms with Gasteiger partial charge in [-0.15, -0.1) is 0 Å². The number of carbonyl (C=O) groups excluding carboxylic acids is 2. The quantitative estimate of drug-likeness (QED) is 0.279. The number of carbonyl (C=O) groups is 3. The zero-order valence-electron chi connectivity index (χ0n) is 20.4. The fourth-order valence-corrected chi connectivity index (χ4v) is 5.06. The van der Waals surface area contributed by atoms with Crippen molar-refractivity contribution in [3.8, 4) is 5.88 Å². The summed E-state index contributed by atoms with van der Waals surface area (Å²) < 4.78 is 7.32. The molecule has 0 spiro atoms. The third-order valence-corrected chi connectivity index (χ3v) is 6.87. The Morgan fingerprint density at radius 2 is 1.82 bits per heavy atom. The molecule has 2 amide bonds. The summed E-state index contributed by atoms with van der Waals surface area (Å²) in [4.78, 5) is 49.3. The molecule has 1 fully saturated rings. The molecule has 3 aromatic heterocycles. The summed E-state index contributed by atoms with van der Waals surface area (Å²) in [6.07, 6.45) is 5.30. The lowest BCUT2D eigenvalue weighted by molar-refractivity contribution is 0.0643. The lowest BCUT2D eigenvalue weighted by Gasteiger charge is -2.25. The lowest BCUT2D eigenvalue weighted by atomic mass is 10.1. The standard InChI is InChI=1S/C27H24N6O5/c34-25-17-6-1-2-7-18(17)26(35)32(25)13-5-15-38-23-10-3-8-20(29-23)21-9-4-12-31(21)22-11-14-33-24(30-22)19(16-28-33)27(36)37/h1-3,6-8,10-11,14,16,21H,4-5,9,12-13,15H2,(H,36,37). The molecule has 0 radical (unpaired) electrons. The van der Waals surface area contributed by atoms with Crippen LogP contribution in [0.1, 0.15) is 62.1 Å². The van der Waals surface area contributed by atoms with Crippen molar-refractivity contribution in [3.05, 3.63) is 83.3 Å². The molecule has 38 heavy (non-hydrogen) atoms. The molecule has 0 bridgehead atoms. The molecule has 1 N–H and O–H groups in total. The SMILES string of the molecule is O=C(O)c1cnn2ccc(N3CCCC3c3cccc(OCCCN4C(=O)c5ccccc5C4=O)n3)nc12. The first-order valence-electron chi connectivity index (χ1n) is 12.4. The van der Waals surface area contributed by atoms with E-state index in [2.05, 4.69) is 15.0 Å². The molecule has 192 valence electrons. The number of fused-ring (bicyclic) bond motifs is 2. The lowest BCUT2D eigenvalue weighted by Crippen LogP contribution is -2.31. The largest absolute Gasteiger partial charge is 0.478 e. The molecule has 11 heteroatoms. The van der Waals surface area contributed by atoms with E-state index in [9.17, 15) is 19.5 Å². The van der Waals surface area contributed by atoms with Crippen LogP contribution >= 0.6 is 0 Å². The minimum Gasteiger partial charge on any atom is -0.478 e. The van der Waals surface area contributed by atoms with Gasteiger partial charge in [-0.1, -0.05) is 18.2 Å². The van der Waals surface area contributed by atoms with Gasteiger partial charge in [0.2, 0.25) is 5.88 Å². The minimum absolute atomic E-state index is 0.0388. The molecule has 2 aliphatic rings. The van der Waals surface area contributed by atoms with Gasteiger partial charge in [0.1, 0.15) is 11.4 Å². The summed E-state index contributed by atoms with van der Waals surface area (Å²) in [5.74, 6) is -0.492. The monoisotopic (exact) mass is 512 g/mol. The second-order valence-electron chi connectivity index (χ2n) is 9.18. The number of aromatic carboxylic acids is 1. The number of carboxylic acids is 1. The van der Waals surface area contributed by atoms with Crippen molar-refractivity contribution in [1.29, 1.82) is 0 Å². The fraction of sp³-hybridized carbons (Fsp3) is 0.259. The Kier molecular flexibility index (Phi) is 5.95. The highest BCUT2D eigenvalue weighted by Gasteiger charge is 2.34. The van der Waals surface area contributed by atoms with E-state index in [1.807, 2.05) is 18.2 Å². The Morgan fingerprint density at radius 1 is 1.03 bits per heavy atom. The first kappa shape index (κ1) is 23.6. The van der Waals surface area contributed by atoms with Crippen LogP contribution in [0.5, 0.6) is 5.88 Å². The van der Waals surface area contributed by atoms with Gasteiger partial charge in [0.05, 0.1) is 35.7 Å². The summed E-state index contributed by atoms with van der Waals surface area (Å²) in [6, 6.07) is 14.2. The summed E-state index contributed by atoms with van der Waals surface area (Å²) >= 11 is 0. The minimum atomic E-state index is -1.07. The third-order valence-electron chi connectivity index (χ3n) is 6.87. The Bertz CT molecular complexity index is 1530. The van der Waals surface area contributed by atoms with Crippen molar-refractivity contribution < 1.29 is 24.2 Å². The second kappa shape index (κ2) is 9.58. The van der Waals surface area contributed by atoms with Crippen LogP contribution in [0.4, 0.5) is 5.82 Å². The Hall–Kier alpha value is -4.80. The molecule has 4 aromatic rings. The maximum atomic E-state index is 12.5. The summed E-state index contributed by atoms with van der Waals surface area (Å²) in [5.41, 5.74) is 2.06. The maximum Gasteiger partial charge on any atom is 0.341 e. The number of hydrogen-bond donors (Lipinski definition) is 1. The van der Waals surface area contributed by atoms with Crippen molar-refractivity contribution in [1.82, 2.24) is 24.5 Å². The number of rotatable bonds is 8. The van der Waals surface area contributed by atoms with E-state index in [0.29, 0.717) is 41.5 Å². The Morgan fingerprint density at radius 3 is 2.58 bits per heavy atom. The molecule has 0 saturated carbocycles.